The molecule has 0 aliphatic carbocycles. The first-order chi connectivity index (χ1) is 16.0. The van der Waals surface area contributed by atoms with Gasteiger partial charge in [0.15, 0.2) is 0 Å². The van der Waals surface area contributed by atoms with Crippen molar-refractivity contribution in [2.45, 2.75) is 17.0 Å². The molecule has 0 aromatic heterocycles. The molecule has 0 saturated heterocycles. The SMILES string of the molecule is N/C(=N\S(=O)(=O)c1ccc(C(F)(F)F)cc1)N1CC(c2ccccc2)C(c2ccc(Cl)cc2)=N1. The minimum atomic E-state index is -4.58. The van der Waals surface area contributed by atoms with E-state index in [0.29, 0.717) is 22.9 Å². The van der Waals surface area contributed by atoms with Crippen molar-refractivity contribution in [2.75, 3.05) is 6.54 Å². The standard InChI is InChI=1S/C23H18ClF3N4O2S/c24-18-10-6-16(7-11-18)21-20(15-4-2-1-3-5-15)14-31(29-21)22(28)30-34(32,33)19-12-8-17(9-13-19)23(25,26)27/h1-13,20H,14H2,(H2,28,30). The number of hydrogen-bond acceptors (Lipinski definition) is 3. The zero-order valence-electron chi connectivity index (χ0n) is 17.4. The van der Waals surface area contributed by atoms with Gasteiger partial charge in [0.05, 0.1) is 22.7 Å². The lowest BCUT2D eigenvalue weighted by molar-refractivity contribution is -0.137. The monoisotopic (exact) mass is 506 g/mol. The van der Waals surface area contributed by atoms with Crippen molar-refractivity contribution in [1.82, 2.24) is 5.01 Å². The van der Waals surface area contributed by atoms with Gasteiger partial charge in [0.1, 0.15) is 0 Å². The van der Waals surface area contributed by atoms with Crippen molar-refractivity contribution in [3.63, 3.8) is 0 Å². The van der Waals surface area contributed by atoms with E-state index in [1.807, 2.05) is 30.3 Å². The van der Waals surface area contributed by atoms with Crippen LogP contribution in [0.4, 0.5) is 13.2 Å². The Morgan fingerprint density at radius 3 is 2.21 bits per heavy atom. The molecule has 1 heterocycles. The van der Waals surface area contributed by atoms with Crippen LogP contribution in [0.15, 0.2) is 93.3 Å². The first-order valence-corrected chi connectivity index (χ1v) is 11.8. The van der Waals surface area contributed by atoms with Crippen molar-refractivity contribution in [1.29, 1.82) is 0 Å². The highest BCUT2D eigenvalue weighted by Crippen LogP contribution is 2.31. The third-order valence-electron chi connectivity index (χ3n) is 5.21. The van der Waals surface area contributed by atoms with E-state index in [2.05, 4.69) is 9.50 Å². The van der Waals surface area contributed by atoms with E-state index in [0.717, 1.165) is 23.3 Å². The molecule has 3 aromatic rings. The summed E-state index contributed by atoms with van der Waals surface area (Å²) in [6.07, 6.45) is -4.58. The van der Waals surface area contributed by atoms with Crippen LogP contribution >= 0.6 is 11.6 Å². The maximum Gasteiger partial charge on any atom is 0.416 e. The van der Waals surface area contributed by atoms with Gasteiger partial charge in [0.2, 0.25) is 5.96 Å². The number of hydrazone groups is 1. The summed E-state index contributed by atoms with van der Waals surface area (Å²) in [5.41, 5.74) is 7.39. The van der Waals surface area contributed by atoms with Gasteiger partial charge in [-0.3, -0.25) is 0 Å². The average Bonchev–Trinajstić information content (AvgIpc) is 3.25. The number of alkyl halides is 3. The second-order valence-electron chi connectivity index (χ2n) is 7.48. The Balaban J connectivity index is 1.66. The van der Waals surface area contributed by atoms with Gasteiger partial charge in [-0.1, -0.05) is 54.1 Å². The topological polar surface area (TPSA) is 88.1 Å². The van der Waals surface area contributed by atoms with Gasteiger partial charge in [-0.2, -0.15) is 26.7 Å². The van der Waals surface area contributed by atoms with Crippen LogP contribution in [0.1, 0.15) is 22.6 Å². The second kappa shape index (κ2) is 9.11. The molecule has 2 N–H and O–H groups in total. The smallest absolute Gasteiger partial charge is 0.367 e. The molecule has 0 saturated carbocycles. The lowest BCUT2D eigenvalue weighted by atomic mass is 9.91. The Morgan fingerprint density at radius 1 is 1.00 bits per heavy atom. The molecule has 0 spiro atoms. The summed E-state index contributed by atoms with van der Waals surface area (Å²) < 4.78 is 67.3. The van der Waals surface area contributed by atoms with Gasteiger partial charge in [-0.25, -0.2) is 5.01 Å². The number of sulfonamides is 1. The molecule has 0 fully saturated rings. The van der Waals surface area contributed by atoms with Crippen LogP contribution in [0, 0.1) is 0 Å². The molecule has 1 aliphatic rings. The van der Waals surface area contributed by atoms with Gasteiger partial charge < -0.3 is 5.73 Å². The Kier molecular flexibility index (Phi) is 6.37. The normalized spacial score (nSPS) is 17.1. The summed E-state index contributed by atoms with van der Waals surface area (Å²) in [6, 6.07) is 19.6. The van der Waals surface area contributed by atoms with E-state index in [1.165, 1.54) is 5.01 Å². The predicted octanol–water partition coefficient (Wildman–Crippen LogP) is 4.87. The largest absolute Gasteiger partial charge is 0.416 e. The quantitative estimate of drug-likeness (QED) is 0.404. The maximum absolute atomic E-state index is 12.8. The van der Waals surface area contributed by atoms with Gasteiger partial charge in [0, 0.05) is 10.9 Å². The Labute approximate surface area is 199 Å². The first-order valence-electron chi connectivity index (χ1n) is 9.99. The Bertz CT molecular complexity index is 1340. The lowest BCUT2D eigenvalue weighted by Crippen LogP contribution is -2.33. The summed E-state index contributed by atoms with van der Waals surface area (Å²) in [6.45, 7) is 0.222. The number of nitrogens with zero attached hydrogens (tertiary/aromatic N) is 3. The second-order valence-corrected chi connectivity index (χ2v) is 9.52. The van der Waals surface area contributed by atoms with Gasteiger partial charge in [-0.15, -0.1) is 4.40 Å². The Hall–Kier alpha value is -3.37. The van der Waals surface area contributed by atoms with Gasteiger partial charge in [-0.05, 0) is 47.5 Å². The molecule has 6 nitrogen and oxygen atoms in total. The van der Waals surface area contributed by atoms with Crippen LogP contribution in [-0.2, 0) is 16.2 Å². The van der Waals surface area contributed by atoms with E-state index in [4.69, 9.17) is 17.3 Å². The number of hydrogen-bond donors (Lipinski definition) is 1. The van der Waals surface area contributed by atoms with Crippen LogP contribution in [0.2, 0.25) is 5.02 Å². The molecule has 1 unspecified atom stereocenters. The molecule has 0 bridgehead atoms. The number of nitrogens with two attached hydrogens (primary N) is 1. The van der Waals surface area contributed by atoms with Crippen LogP contribution in [-0.4, -0.2) is 31.6 Å². The van der Waals surface area contributed by atoms with Crippen molar-refractivity contribution >= 4 is 33.3 Å². The molecule has 176 valence electrons. The van der Waals surface area contributed by atoms with Crippen molar-refractivity contribution in [3.05, 3.63) is 101 Å². The highest BCUT2D eigenvalue weighted by atomic mass is 35.5. The maximum atomic E-state index is 12.8. The molecule has 1 aliphatic heterocycles. The first kappa shape index (κ1) is 23.8. The molecular formula is C23H18ClF3N4O2S. The summed E-state index contributed by atoms with van der Waals surface area (Å²) >= 11 is 6.00. The molecule has 11 heteroatoms. The third-order valence-corrected chi connectivity index (χ3v) is 6.76. The molecule has 3 aromatic carbocycles. The molecule has 0 amide bonds. The van der Waals surface area contributed by atoms with Crippen LogP contribution < -0.4 is 5.73 Å². The average molecular weight is 507 g/mol. The molecule has 1 atom stereocenters. The molecule has 34 heavy (non-hydrogen) atoms. The van der Waals surface area contributed by atoms with Crippen molar-refractivity contribution in [2.24, 2.45) is 15.2 Å². The lowest BCUT2D eigenvalue weighted by Gasteiger charge is -2.15. The fourth-order valence-electron chi connectivity index (χ4n) is 3.51. The summed E-state index contributed by atoms with van der Waals surface area (Å²) in [5, 5.41) is 6.33. The van der Waals surface area contributed by atoms with Crippen molar-refractivity contribution < 1.29 is 21.6 Å². The number of halogens is 4. The zero-order chi connectivity index (χ0) is 24.5. The summed E-state index contributed by atoms with van der Waals surface area (Å²) in [5.74, 6) is -0.630. The van der Waals surface area contributed by atoms with E-state index in [1.54, 1.807) is 24.3 Å². The Morgan fingerprint density at radius 2 is 1.62 bits per heavy atom. The molecular weight excluding hydrogens is 489 g/mol. The predicted molar refractivity (Wildman–Crippen MR) is 124 cm³/mol. The van der Waals surface area contributed by atoms with E-state index < -0.39 is 32.6 Å². The molecule has 4 rings (SSSR count). The zero-order valence-corrected chi connectivity index (χ0v) is 19.0. The van der Waals surface area contributed by atoms with E-state index >= 15 is 0 Å². The van der Waals surface area contributed by atoms with E-state index in [9.17, 15) is 21.6 Å². The number of guanidine groups is 1. The van der Waals surface area contributed by atoms with E-state index in [-0.39, 0.29) is 12.5 Å². The van der Waals surface area contributed by atoms with Crippen LogP contribution in [0.5, 0.6) is 0 Å². The minimum Gasteiger partial charge on any atom is -0.367 e. The number of benzene rings is 3. The third kappa shape index (κ3) is 5.07. The highest BCUT2D eigenvalue weighted by Gasteiger charge is 2.32. The molecule has 0 radical (unpaired) electrons. The highest BCUT2D eigenvalue weighted by molar-refractivity contribution is 7.90. The van der Waals surface area contributed by atoms with Gasteiger partial charge >= 0.3 is 6.18 Å². The van der Waals surface area contributed by atoms with Crippen LogP contribution in [0.25, 0.3) is 0 Å². The van der Waals surface area contributed by atoms with Crippen LogP contribution in [0.3, 0.4) is 0 Å². The minimum absolute atomic E-state index is 0.222. The summed E-state index contributed by atoms with van der Waals surface area (Å²) in [7, 11) is -4.36. The fourth-order valence-corrected chi connectivity index (χ4v) is 4.56. The van der Waals surface area contributed by atoms with Gasteiger partial charge in [0.25, 0.3) is 10.0 Å². The summed E-state index contributed by atoms with van der Waals surface area (Å²) in [4.78, 5) is -0.413. The number of rotatable bonds is 4. The fraction of sp³-hybridized carbons (Fsp3) is 0.130. The van der Waals surface area contributed by atoms with Crippen molar-refractivity contribution in [3.8, 4) is 0 Å².